The molecule has 2 heterocycles. The third-order valence-corrected chi connectivity index (χ3v) is 5.02. The second-order valence-corrected chi connectivity index (χ2v) is 6.24. The number of fused-ring (bicyclic) bond motifs is 1. The van der Waals surface area contributed by atoms with Gasteiger partial charge in [-0.3, -0.25) is 9.58 Å². The third-order valence-electron chi connectivity index (χ3n) is 5.02. The van der Waals surface area contributed by atoms with E-state index in [1.54, 1.807) is 10.9 Å². The molecular formula is C15H25N7. The van der Waals surface area contributed by atoms with Crippen molar-refractivity contribution in [2.75, 3.05) is 31.2 Å². The molecule has 0 aromatic carbocycles. The van der Waals surface area contributed by atoms with Crippen LogP contribution in [-0.4, -0.2) is 50.3 Å². The summed E-state index contributed by atoms with van der Waals surface area (Å²) >= 11 is 0. The number of aromatic nitrogens is 4. The van der Waals surface area contributed by atoms with Gasteiger partial charge in [0.15, 0.2) is 5.65 Å². The van der Waals surface area contributed by atoms with Gasteiger partial charge in [-0.05, 0) is 26.4 Å². The fraction of sp³-hybridized carbons (Fsp3) is 0.667. The molecule has 1 fully saturated rings. The summed E-state index contributed by atoms with van der Waals surface area (Å²) in [7, 11) is 4.06. The molecule has 7 nitrogen and oxygen atoms in total. The van der Waals surface area contributed by atoms with E-state index in [1.165, 1.54) is 25.7 Å². The lowest BCUT2D eigenvalue weighted by Crippen LogP contribution is -2.49. The van der Waals surface area contributed by atoms with Crippen molar-refractivity contribution in [2.24, 2.45) is 7.05 Å². The van der Waals surface area contributed by atoms with Crippen LogP contribution in [0.25, 0.3) is 11.0 Å². The first-order valence-electron chi connectivity index (χ1n) is 7.96. The third kappa shape index (κ3) is 2.49. The van der Waals surface area contributed by atoms with Gasteiger partial charge >= 0.3 is 0 Å². The molecule has 0 saturated heterocycles. The molecule has 0 aliphatic heterocycles. The van der Waals surface area contributed by atoms with E-state index in [1.807, 2.05) is 7.05 Å². The highest BCUT2D eigenvalue weighted by molar-refractivity contribution is 5.86. The van der Waals surface area contributed by atoms with E-state index < -0.39 is 0 Å². The maximum atomic E-state index is 6.02. The van der Waals surface area contributed by atoms with Crippen LogP contribution in [0.1, 0.15) is 32.6 Å². The summed E-state index contributed by atoms with van der Waals surface area (Å²) in [6, 6.07) is 0. The molecule has 22 heavy (non-hydrogen) atoms. The molecular weight excluding hydrogens is 278 g/mol. The number of hydrogen-bond donors (Lipinski definition) is 2. The highest BCUT2D eigenvalue weighted by Gasteiger charge is 2.36. The quantitative estimate of drug-likeness (QED) is 0.873. The van der Waals surface area contributed by atoms with E-state index >= 15 is 0 Å². The zero-order chi connectivity index (χ0) is 15.7. The molecule has 0 atom stereocenters. The fourth-order valence-electron chi connectivity index (χ4n) is 3.43. The van der Waals surface area contributed by atoms with Crippen LogP contribution in [0.2, 0.25) is 0 Å². The minimum atomic E-state index is 0.203. The maximum Gasteiger partial charge on any atom is 0.226 e. The van der Waals surface area contributed by atoms with Gasteiger partial charge < -0.3 is 11.1 Å². The van der Waals surface area contributed by atoms with Crippen molar-refractivity contribution in [3.05, 3.63) is 6.20 Å². The Hall–Kier alpha value is -1.89. The topological polar surface area (TPSA) is 84.9 Å². The molecule has 2 aromatic heterocycles. The van der Waals surface area contributed by atoms with E-state index in [0.717, 1.165) is 24.1 Å². The van der Waals surface area contributed by atoms with Crippen LogP contribution in [0.15, 0.2) is 6.20 Å². The highest BCUT2D eigenvalue weighted by Crippen LogP contribution is 2.34. The van der Waals surface area contributed by atoms with Gasteiger partial charge in [-0.2, -0.15) is 15.1 Å². The van der Waals surface area contributed by atoms with Gasteiger partial charge in [-0.25, -0.2) is 0 Å². The second kappa shape index (κ2) is 5.72. The number of anilines is 2. The summed E-state index contributed by atoms with van der Waals surface area (Å²) in [6.07, 6.45) is 6.71. The second-order valence-electron chi connectivity index (χ2n) is 6.24. The Bertz CT molecular complexity index is 657. The summed E-state index contributed by atoms with van der Waals surface area (Å²) in [6.45, 7) is 4.10. The largest absolute Gasteiger partial charge is 0.383 e. The van der Waals surface area contributed by atoms with Gasteiger partial charge in [0, 0.05) is 19.1 Å². The molecule has 7 heteroatoms. The lowest BCUT2D eigenvalue weighted by molar-refractivity contribution is 0.144. The van der Waals surface area contributed by atoms with Crippen LogP contribution in [0.5, 0.6) is 0 Å². The average Bonchev–Trinajstić information content (AvgIpc) is 3.13. The van der Waals surface area contributed by atoms with Crippen molar-refractivity contribution in [3.8, 4) is 0 Å². The molecule has 1 saturated carbocycles. The minimum absolute atomic E-state index is 0.203. The van der Waals surface area contributed by atoms with Crippen molar-refractivity contribution in [1.29, 1.82) is 0 Å². The van der Waals surface area contributed by atoms with Crippen molar-refractivity contribution < 1.29 is 0 Å². The Morgan fingerprint density at radius 3 is 2.77 bits per heavy atom. The molecule has 0 bridgehead atoms. The zero-order valence-corrected chi connectivity index (χ0v) is 13.6. The molecule has 3 rings (SSSR count). The predicted molar refractivity (Wildman–Crippen MR) is 88.7 cm³/mol. The normalized spacial score (nSPS) is 17.5. The number of nitrogens with one attached hydrogen (secondary N) is 1. The molecule has 0 unspecified atom stereocenters. The number of nitrogens with zero attached hydrogens (tertiary/aromatic N) is 5. The van der Waals surface area contributed by atoms with Gasteiger partial charge in [-0.1, -0.05) is 19.8 Å². The van der Waals surface area contributed by atoms with E-state index in [9.17, 15) is 0 Å². The summed E-state index contributed by atoms with van der Waals surface area (Å²) in [5.74, 6) is 1.06. The summed E-state index contributed by atoms with van der Waals surface area (Å²) in [5.41, 5.74) is 6.98. The predicted octanol–water partition coefficient (Wildman–Crippen LogP) is 1.62. The van der Waals surface area contributed by atoms with Crippen LogP contribution >= 0.6 is 0 Å². The molecule has 0 spiro atoms. The Morgan fingerprint density at radius 1 is 1.36 bits per heavy atom. The summed E-state index contributed by atoms with van der Waals surface area (Å²) in [4.78, 5) is 11.4. The Kier molecular flexibility index (Phi) is 3.90. The molecule has 1 aliphatic rings. The SMILES string of the molecule is CCN(C)C1(CNc2nc(N)c3cnn(C)c3n2)CCCC1. The monoisotopic (exact) mass is 303 g/mol. The fourth-order valence-corrected chi connectivity index (χ4v) is 3.43. The lowest BCUT2D eigenvalue weighted by Gasteiger charge is -2.38. The van der Waals surface area contributed by atoms with Gasteiger partial charge in [0.05, 0.1) is 11.6 Å². The van der Waals surface area contributed by atoms with E-state index in [0.29, 0.717) is 11.8 Å². The van der Waals surface area contributed by atoms with Crippen molar-refractivity contribution >= 4 is 22.8 Å². The number of rotatable bonds is 5. The number of likely N-dealkylation sites (N-methyl/N-ethyl adjacent to an activating group) is 1. The first-order valence-corrected chi connectivity index (χ1v) is 7.96. The van der Waals surface area contributed by atoms with Gasteiger partial charge in [-0.15, -0.1) is 0 Å². The molecule has 2 aromatic rings. The van der Waals surface area contributed by atoms with Crippen LogP contribution in [0.4, 0.5) is 11.8 Å². The Balaban J connectivity index is 1.82. The van der Waals surface area contributed by atoms with Crippen molar-refractivity contribution in [1.82, 2.24) is 24.6 Å². The van der Waals surface area contributed by atoms with Gasteiger partial charge in [0.2, 0.25) is 5.95 Å². The molecule has 1 aliphatic carbocycles. The average molecular weight is 303 g/mol. The van der Waals surface area contributed by atoms with E-state index in [-0.39, 0.29) is 5.54 Å². The molecule has 0 amide bonds. The first kappa shape index (κ1) is 15.0. The van der Waals surface area contributed by atoms with Crippen molar-refractivity contribution in [2.45, 2.75) is 38.1 Å². The minimum Gasteiger partial charge on any atom is -0.383 e. The van der Waals surface area contributed by atoms with Crippen LogP contribution in [-0.2, 0) is 7.05 Å². The zero-order valence-electron chi connectivity index (χ0n) is 13.6. The smallest absolute Gasteiger partial charge is 0.226 e. The number of hydrogen-bond acceptors (Lipinski definition) is 6. The first-order chi connectivity index (χ1) is 10.6. The Morgan fingerprint density at radius 2 is 2.09 bits per heavy atom. The number of nitrogens with two attached hydrogens (primary N) is 1. The van der Waals surface area contributed by atoms with Crippen LogP contribution in [0.3, 0.4) is 0 Å². The number of aryl methyl sites for hydroxylation is 1. The molecule has 120 valence electrons. The highest BCUT2D eigenvalue weighted by atomic mass is 15.3. The Labute approximate surface area is 130 Å². The standard InChI is InChI=1S/C15H25N7/c1-4-21(2)15(7-5-6-8-15)10-17-14-19-12(16)11-9-18-22(3)13(11)20-14/h9H,4-8,10H2,1-3H3,(H3,16,17,19,20). The van der Waals surface area contributed by atoms with E-state index in [4.69, 9.17) is 5.73 Å². The summed E-state index contributed by atoms with van der Waals surface area (Å²) < 4.78 is 1.72. The van der Waals surface area contributed by atoms with Gasteiger partial charge in [0.25, 0.3) is 0 Å². The number of nitrogen functional groups attached to an aromatic ring is 1. The maximum absolute atomic E-state index is 6.02. The van der Waals surface area contributed by atoms with Gasteiger partial charge in [0.1, 0.15) is 5.82 Å². The van der Waals surface area contributed by atoms with Crippen LogP contribution in [0, 0.1) is 0 Å². The van der Waals surface area contributed by atoms with Crippen LogP contribution < -0.4 is 11.1 Å². The molecule has 0 radical (unpaired) electrons. The summed E-state index contributed by atoms with van der Waals surface area (Å²) in [5, 5.41) is 8.40. The van der Waals surface area contributed by atoms with Crippen molar-refractivity contribution in [3.63, 3.8) is 0 Å². The molecule has 3 N–H and O–H groups in total. The lowest BCUT2D eigenvalue weighted by atomic mass is 9.95. The van der Waals surface area contributed by atoms with E-state index in [2.05, 4.69) is 39.3 Å².